The van der Waals surface area contributed by atoms with E-state index in [1.807, 2.05) is 61.5 Å². The van der Waals surface area contributed by atoms with Crippen molar-refractivity contribution in [3.8, 4) is 17.2 Å². The zero-order chi connectivity index (χ0) is 25.8. The smallest absolute Gasteiger partial charge is 0.254 e. The van der Waals surface area contributed by atoms with E-state index >= 15 is 0 Å². The Bertz CT molecular complexity index is 1330. The van der Waals surface area contributed by atoms with E-state index in [1.54, 1.807) is 0 Å². The van der Waals surface area contributed by atoms with E-state index in [0.29, 0.717) is 12.0 Å². The molecule has 0 aliphatic heterocycles. The monoisotopic (exact) mass is 477 g/mol. The Labute approximate surface area is 214 Å². The molecule has 0 bridgehead atoms. The Morgan fingerprint density at radius 3 is 2.14 bits per heavy atom. The highest BCUT2D eigenvalue weighted by molar-refractivity contribution is 5.70. The van der Waals surface area contributed by atoms with Gasteiger partial charge in [0.2, 0.25) is 0 Å². The predicted octanol–water partition coefficient (Wildman–Crippen LogP) is 7.05. The van der Waals surface area contributed by atoms with Crippen molar-refractivity contribution in [3.05, 3.63) is 123 Å². The molecule has 3 aromatic carbocycles. The third kappa shape index (κ3) is 7.26. The van der Waals surface area contributed by atoms with Gasteiger partial charge in [0.15, 0.2) is 0 Å². The maximum Gasteiger partial charge on any atom is 0.254 e. The van der Waals surface area contributed by atoms with Crippen molar-refractivity contribution in [2.24, 2.45) is 0 Å². The van der Waals surface area contributed by atoms with Crippen molar-refractivity contribution in [2.75, 3.05) is 0 Å². The first-order valence-corrected chi connectivity index (χ1v) is 12.8. The van der Waals surface area contributed by atoms with E-state index in [9.17, 15) is 10.1 Å². The van der Waals surface area contributed by atoms with Gasteiger partial charge in [-0.3, -0.25) is 4.79 Å². The summed E-state index contributed by atoms with van der Waals surface area (Å²) >= 11 is 0. The fraction of sp³-hybridized carbons (Fsp3) is 0.281. The second-order valence-electron chi connectivity index (χ2n) is 8.77. The van der Waals surface area contributed by atoms with E-state index in [2.05, 4.69) is 54.2 Å². The van der Waals surface area contributed by atoms with Crippen LogP contribution in [0, 0.1) is 11.3 Å². The lowest BCUT2D eigenvalue weighted by molar-refractivity contribution is 0.744. The topological polar surface area (TPSA) is 69.5 Å². The summed E-state index contributed by atoms with van der Waals surface area (Å²) in [4.78, 5) is 20.2. The molecule has 0 atom stereocenters. The lowest BCUT2D eigenvalue weighted by Gasteiger charge is -2.11. The fourth-order valence-corrected chi connectivity index (χ4v) is 4.05. The van der Waals surface area contributed by atoms with Crippen LogP contribution in [0.1, 0.15) is 67.4 Å². The van der Waals surface area contributed by atoms with Gasteiger partial charge in [0.25, 0.3) is 5.56 Å². The molecule has 1 heterocycles. The molecule has 4 nitrogen and oxygen atoms in total. The van der Waals surface area contributed by atoms with Gasteiger partial charge < -0.3 is 4.98 Å². The van der Waals surface area contributed by atoms with Gasteiger partial charge in [0.05, 0.1) is 17.3 Å². The molecule has 0 saturated heterocycles. The molecule has 4 heteroatoms. The summed E-state index contributed by atoms with van der Waals surface area (Å²) in [5, 5.41) is 9.31. The van der Waals surface area contributed by atoms with Crippen LogP contribution in [0.2, 0.25) is 0 Å². The number of benzene rings is 3. The molecule has 0 radical (unpaired) electrons. The van der Waals surface area contributed by atoms with Gasteiger partial charge in [-0.05, 0) is 47.6 Å². The lowest BCUT2D eigenvalue weighted by atomic mass is 9.97. The molecule has 0 saturated carbocycles. The number of aryl methyl sites for hydroxylation is 3. The lowest BCUT2D eigenvalue weighted by Crippen LogP contribution is -2.20. The first-order chi connectivity index (χ1) is 17.6. The number of aromatic amines is 1. The minimum Gasteiger partial charge on any atom is -0.310 e. The van der Waals surface area contributed by atoms with Gasteiger partial charge in [0, 0.05) is 18.4 Å². The van der Waals surface area contributed by atoms with Crippen molar-refractivity contribution >= 4 is 0 Å². The highest BCUT2D eigenvalue weighted by Gasteiger charge is 2.12. The Morgan fingerprint density at radius 2 is 1.53 bits per heavy atom. The van der Waals surface area contributed by atoms with Gasteiger partial charge in [-0.15, -0.1) is 0 Å². The molecule has 0 amide bonds. The first-order valence-electron chi connectivity index (χ1n) is 12.8. The summed E-state index contributed by atoms with van der Waals surface area (Å²) in [6, 6.07) is 28.4. The van der Waals surface area contributed by atoms with Crippen molar-refractivity contribution in [2.45, 2.75) is 59.3 Å². The molecule has 36 heavy (non-hydrogen) atoms. The summed E-state index contributed by atoms with van der Waals surface area (Å²) < 4.78 is 0. The van der Waals surface area contributed by atoms with Crippen LogP contribution < -0.4 is 5.56 Å². The highest BCUT2D eigenvalue weighted by atomic mass is 16.1. The normalized spacial score (nSPS) is 10.3. The van der Waals surface area contributed by atoms with Crippen LogP contribution in [0.3, 0.4) is 0 Å². The van der Waals surface area contributed by atoms with Gasteiger partial charge >= 0.3 is 0 Å². The minimum atomic E-state index is -0.0307. The van der Waals surface area contributed by atoms with Crippen LogP contribution in [0.15, 0.2) is 83.7 Å². The number of hydrogen-bond acceptors (Lipinski definition) is 3. The molecular weight excluding hydrogens is 442 g/mol. The Morgan fingerprint density at radius 1 is 0.833 bits per heavy atom. The summed E-state index contributed by atoms with van der Waals surface area (Å²) in [6.45, 7) is 6.31. The van der Waals surface area contributed by atoms with Crippen molar-refractivity contribution in [1.29, 1.82) is 5.26 Å². The number of rotatable bonds is 8. The van der Waals surface area contributed by atoms with E-state index in [0.717, 1.165) is 65.9 Å². The van der Waals surface area contributed by atoms with Gasteiger partial charge in [-0.2, -0.15) is 5.26 Å². The van der Waals surface area contributed by atoms with Crippen LogP contribution in [0.25, 0.3) is 11.1 Å². The molecule has 0 spiro atoms. The van der Waals surface area contributed by atoms with E-state index in [-0.39, 0.29) is 5.56 Å². The second-order valence-corrected chi connectivity index (χ2v) is 8.77. The van der Waals surface area contributed by atoms with E-state index in [1.165, 1.54) is 5.56 Å². The second kappa shape index (κ2) is 13.8. The molecule has 4 rings (SSSR count). The zero-order valence-electron chi connectivity index (χ0n) is 21.6. The number of nitrogens with zero attached hydrogens (tertiary/aromatic N) is 2. The number of H-pyrrole nitrogens is 1. The fourth-order valence-electron chi connectivity index (χ4n) is 4.05. The van der Waals surface area contributed by atoms with Crippen LogP contribution >= 0.6 is 0 Å². The SMILES string of the molecule is CCCCc1nc(CC)[nH]c(=O)c1Cc1ccc(-c2ccccc2C#N)cc1.CCc1ccccc1. The molecular formula is C32H35N3O. The van der Waals surface area contributed by atoms with Gasteiger partial charge in [-0.25, -0.2) is 4.98 Å². The number of nitrogens with one attached hydrogen (secondary N) is 1. The standard InChI is InChI=1S/C24H25N3O.C8H10/c1-3-5-10-22-21(24(28)27-23(4-2)26-22)15-17-11-13-18(14-12-17)20-9-7-6-8-19(20)16-25;1-2-8-6-4-3-5-7-8/h6-9,11-14H,3-5,10,15H2,1-2H3,(H,26,27,28);3-7H,2H2,1H3. The molecule has 184 valence electrons. The third-order valence-corrected chi connectivity index (χ3v) is 6.20. The average Bonchev–Trinajstić information content (AvgIpc) is 2.94. The minimum absolute atomic E-state index is 0.0307. The summed E-state index contributed by atoms with van der Waals surface area (Å²) in [5.41, 5.74) is 6.70. The van der Waals surface area contributed by atoms with Crippen molar-refractivity contribution < 1.29 is 0 Å². The number of aromatic nitrogens is 2. The number of unbranched alkanes of at least 4 members (excludes halogenated alkanes) is 1. The quantitative estimate of drug-likeness (QED) is 0.295. The molecule has 1 N–H and O–H groups in total. The van der Waals surface area contributed by atoms with E-state index < -0.39 is 0 Å². The molecule has 0 aliphatic carbocycles. The molecule has 0 aliphatic rings. The van der Waals surface area contributed by atoms with Crippen LogP contribution in [0.5, 0.6) is 0 Å². The molecule has 4 aromatic rings. The summed E-state index contributed by atoms with van der Waals surface area (Å²) in [6.07, 6.45) is 5.35. The van der Waals surface area contributed by atoms with Gasteiger partial charge in [0.1, 0.15) is 5.82 Å². The Kier molecular flexibility index (Phi) is 10.2. The van der Waals surface area contributed by atoms with Crippen LogP contribution in [-0.2, 0) is 25.7 Å². The largest absolute Gasteiger partial charge is 0.310 e. The van der Waals surface area contributed by atoms with Crippen LogP contribution in [0.4, 0.5) is 0 Å². The summed E-state index contributed by atoms with van der Waals surface area (Å²) in [7, 11) is 0. The Balaban J connectivity index is 0.000000383. The molecule has 0 unspecified atom stereocenters. The van der Waals surface area contributed by atoms with E-state index in [4.69, 9.17) is 0 Å². The molecule has 1 aromatic heterocycles. The van der Waals surface area contributed by atoms with Crippen molar-refractivity contribution in [1.82, 2.24) is 9.97 Å². The number of hydrogen-bond donors (Lipinski definition) is 1. The van der Waals surface area contributed by atoms with Crippen molar-refractivity contribution in [3.63, 3.8) is 0 Å². The number of nitriles is 1. The maximum atomic E-state index is 12.6. The summed E-state index contributed by atoms with van der Waals surface area (Å²) in [5.74, 6) is 0.753. The highest BCUT2D eigenvalue weighted by Crippen LogP contribution is 2.24. The average molecular weight is 478 g/mol. The maximum absolute atomic E-state index is 12.6. The van der Waals surface area contributed by atoms with Crippen LogP contribution in [-0.4, -0.2) is 9.97 Å². The van der Waals surface area contributed by atoms with Gasteiger partial charge in [-0.1, -0.05) is 100.0 Å². The third-order valence-electron chi connectivity index (χ3n) is 6.20. The predicted molar refractivity (Wildman–Crippen MR) is 148 cm³/mol. The zero-order valence-corrected chi connectivity index (χ0v) is 21.6. The Hall–Kier alpha value is -3.97. The first kappa shape index (κ1) is 26.6. The molecule has 0 fully saturated rings.